The molecule has 0 saturated carbocycles. The molecular weight excluding hydrogens is 110 g/mol. The number of hydrogen-bond donors (Lipinski definition) is 0. The quantitative estimate of drug-likeness (QED) is 0.292. The van der Waals surface area contributed by atoms with E-state index in [0.29, 0.717) is 0 Å². The molecule has 0 aromatic rings. The molecule has 0 rings (SSSR count). The summed E-state index contributed by atoms with van der Waals surface area (Å²) in [5.74, 6) is 0. The van der Waals surface area contributed by atoms with E-state index < -0.39 is 11.6 Å². The molecule has 0 aliphatic heterocycles. The molecule has 0 radical (unpaired) electrons. The predicted octanol–water partition coefficient (Wildman–Crippen LogP) is -6.44. The first-order chi connectivity index (χ1) is 1.41. The van der Waals surface area contributed by atoms with E-state index in [1.165, 1.54) is 0 Å². The van der Waals surface area contributed by atoms with Crippen molar-refractivity contribution in [2.45, 2.75) is 0 Å². The minimum atomic E-state index is -0.750. The van der Waals surface area contributed by atoms with Crippen molar-refractivity contribution in [3.8, 4) is 0 Å². The third-order valence-corrected chi connectivity index (χ3v) is 0. The Kier molecular flexibility index (Phi) is 53.8. The summed E-state index contributed by atoms with van der Waals surface area (Å²) in [6, 6.07) is 0. The van der Waals surface area contributed by atoms with E-state index in [1.807, 2.05) is 0 Å². The van der Waals surface area contributed by atoms with E-state index in [2.05, 4.69) is 0 Å². The van der Waals surface area contributed by atoms with E-state index in [-0.39, 0.29) is 62.0 Å². The molecule has 0 N–H and O–H groups in total. The summed E-state index contributed by atoms with van der Waals surface area (Å²) in [6.07, 6.45) is 0. The summed E-state index contributed by atoms with van der Waals surface area (Å²) in [7, 11) is 0. The Morgan fingerprint density at radius 3 is 1.20 bits per heavy atom. The Labute approximate surface area is 80.9 Å². The molecule has 0 atom stereocenters. The number of hydrogen-bond acceptors (Lipinski definition) is 2. The van der Waals surface area contributed by atoms with Crippen molar-refractivity contribution < 1.29 is 70.4 Å². The third kappa shape index (κ3) is 25.6. The first-order valence-electron chi connectivity index (χ1n) is 0.333. The molecule has 5 heavy (non-hydrogen) atoms. The average molecular weight is 112 g/mol. The Bertz CT molecular complexity index is 34.7. The molecule has 0 aliphatic carbocycles. The summed E-state index contributed by atoms with van der Waals surface area (Å²) < 4.78 is 16.6. The maximum Gasteiger partial charge on any atom is 1.00 e. The van der Waals surface area contributed by atoms with Crippen LogP contribution >= 0.6 is 0 Å². The fourth-order valence-electron chi connectivity index (χ4n) is 0. The topological polar surface area (TPSA) is 34.1 Å². The maximum absolute atomic E-state index is 8.29. The monoisotopic (exact) mass is 112 g/mol. The zero-order chi connectivity index (χ0) is 2.71. The van der Waals surface area contributed by atoms with Crippen LogP contribution in [0, 0.1) is 0 Å². The first kappa shape index (κ1) is 15.8. The van der Waals surface area contributed by atoms with Gasteiger partial charge in [0.25, 0.3) is 0 Å². The van der Waals surface area contributed by atoms with Crippen LogP contribution in [0.25, 0.3) is 0 Å². The minimum absolute atomic E-state index is 0. The molecule has 0 aromatic heterocycles. The molecule has 0 saturated heterocycles. The van der Waals surface area contributed by atoms with Crippen LogP contribution in [0.5, 0.6) is 0 Å². The van der Waals surface area contributed by atoms with Crippen molar-refractivity contribution >= 4 is 11.6 Å². The molecular formula is H2Na2O2S. The van der Waals surface area contributed by atoms with Crippen molar-refractivity contribution in [3.05, 3.63) is 0 Å². The molecule has 5 heteroatoms. The Balaban J connectivity index is -0.00000000333. The van der Waals surface area contributed by atoms with E-state index in [0.717, 1.165) is 0 Å². The smallest absolute Gasteiger partial charge is 1.00 e. The summed E-state index contributed by atoms with van der Waals surface area (Å²) in [6.45, 7) is 0. The second-order valence-corrected chi connectivity index (χ2v) is 0.204. The fraction of sp³-hybridized carbons (Fsp3) is 0. The normalized spacial score (nSPS) is 2.40. The summed E-state index contributed by atoms with van der Waals surface area (Å²) in [5, 5.41) is 0. The zero-order valence-electron chi connectivity index (χ0n) is 5.22. The Morgan fingerprint density at radius 2 is 1.20 bits per heavy atom. The average Bonchev–Trinajstić information content (AvgIpc) is 0.918. The van der Waals surface area contributed by atoms with Crippen LogP contribution in [-0.4, -0.2) is 8.42 Å². The zero-order valence-corrected chi connectivity index (χ0v) is 8.04. The van der Waals surface area contributed by atoms with Crippen LogP contribution in [0.15, 0.2) is 0 Å². The van der Waals surface area contributed by atoms with Gasteiger partial charge in [-0.25, -0.2) is 0 Å². The predicted molar refractivity (Wildman–Crippen MR) is 11.1 cm³/mol. The van der Waals surface area contributed by atoms with Crippen LogP contribution in [0.1, 0.15) is 2.85 Å². The molecule has 22 valence electrons. The van der Waals surface area contributed by atoms with Gasteiger partial charge >= 0.3 is 70.7 Å². The van der Waals surface area contributed by atoms with Crippen molar-refractivity contribution in [2.75, 3.05) is 0 Å². The molecule has 0 heterocycles. The third-order valence-electron chi connectivity index (χ3n) is 0. The van der Waals surface area contributed by atoms with Crippen molar-refractivity contribution in [2.24, 2.45) is 0 Å². The molecule has 2 nitrogen and oxygen atoms in total. The first-order valence-corrected chi connectivity index (χ1v) is 1.00. The summed E-state index contributed by atoms with van der Waals surface area (Å²) >= 11 is -0.750. The van der Waals surface area contributed by atoms with Gasteiger partial charge in [0.1, 0.15) is 0 Å². The van der Waals surface area contributed by atoms with Gasteiger partial charge in [0.2, 0.25) is 0 Å². The standard InChI is InChI=1S/2Na.O2S.2H/c;;1-3-2;;/q2*+1;;2*-1. The van der Waals surface area contributed by atoms with Gasteiger partial charge in [0, 0.05) is 0 Å². The van der Waals surface area contributed by atoms with Gasteiger partial charge < -0.3 is 2.85 Å². The van der Waals surface area contributed by atoms with Gasteiger partial charge in [-0.15, -0.1) is 0 Å². The van der Waals surface area contributed by atoms with Crippen molar-refractivity contribution in [1.29, 1.82) is 0 Å². The molecule has 0 bridgehead atoms. The second-order valence-electron chi connectivity index (χ2n) is 0.0680. The fourth-order valence-corrected chi connectivity index (χ4v) is 0. The van der Waals surface area contributed by atoms with Gasteiger partial charge in [-0.2, -0.15) is 8.42 Å². The van der Waals surface area contributed by atoms with Gasteiger partial charge in [0.15, 0.2) is 0 Å². The molecule has 0 aromatic carbocycles. The minimum Gasteiger partial charge on any atom is -1.00 e. The largest absolute Gasteiger partial charge is 1.00 e. The Hall–Kier alpha value is 1.82. The number of rotatable bonds is 0. The SMILES string of the molecule is O=S=O.[H-].[H-].[Na+].[Na+]. The summed E-state index contributed by atoms with van der Waals surface area (Å²) in [4.78, 5) is 0. The van der Waals surface area contributed by atoms with Gasteiger partial charge in [0.05, 0.1) is 0 Å². The second kappa shape index (κ2) is 17.0. The van der Waals surface area contributed by atoms with Crippen LogP contribution in [-0.2, 0) is 11.6 Å². The molecule has 0 fully saturated rings. The van der Waals surface area contributed by atoms with E-state index >= 15 is 0 Å². The van der Waals surface area contributed by atoms with Gasteiger partial charge in [-0.05, 0) is 0 Å². The van der Waals surface area contributed by atoms with E-state index in [1.54, 1.807) is 0 Å². The van der Waals surface area contributed by atoms with Crippen LogP contribution in [0.3, 0.4) is 0 Å². The van der Waals surface area contributed by atoms with Crippen molar-refractivity contribution in [1.82, 2.24) is 0 Å². The van der Waals surface area contributed by atoms with Gasteiger partial charge in [-0.1, -0.05) is 0 Å². The Morgan fingerprint density at radius 1 is 1.20 bits per heavy atom. The van der Waals surface area contributed by atoms with Crippen LogP contribution in [0.4, 0.5) is 0 Å². The van der Waals surface area contributed by atoms with Crippen molar-refractivity contribution in [3.63, 3.8) is 0 Å². The van der Waals surface area contributed by atoms with Crippen LogP contribution in [0.2, 0.25) is 0 Å². The van der Waals surface area contributed by atoms with E-state index in [9.17, 15) is 0 Å². The molecule has 0 aliphatic rings. The maximum atomic E-state index is 8.29. The molecule has 0 unspecified atom stereocenters. The molecule has 0 amide bonds. The van der Waals surface area contributed by atoms with E-state index in [4.69, 9.17) is 8.42 Å². The van der Waals surface area contributed by atoms with Gasteiger partial charge in [-0.3, -0.25) is 0 Å². The molecule has 0 spiro atoms. The summed E-state index contributed by atoms with van der Waals surface area (Å²) in [5.41, 5.74) is 0. The van der Waals surface area contributed by atoms with Crippen LogP contribution < -0.4 is 59.1 Å².